The summed E-state index contributed by atoms with van der Waals surface area (Å²) in [7, 11) is 0. The Morgan fingerprint density at radius 3 is 2.86 bits per heavy atom. The number of amides is 1. The number of rotatable bonds is 5. The van der Waals surface area contributed by atoms with Crippen molar-refractivity contribution >= 4 is 56.7 Å². The summed E-state index contributed by atoms with van der Waals surface area (Å²) >= 11 is 9.02. The average Bonchev–Trinajstić information content (AvgIpc) is 3.25. The average molecular weight is 430 g/mol. The monoisotopic (exact) mass is 429 g/mol. The molecule has 2 aromatic carbocycles. The molecule has 4 rings (SSSR count). The van der Waals surface area contributed by atoms with Gasteiger partial charge < -0.3 is 4.42 Å². The highest BCUT2D eigenvalue weighted by molar-refractivity contribution is 8.00. The number of halogens is 1. The van der Waals surface area contributed by atoms with E-state index in [9.17, 15) is 4.79 Å². The smallest absolute Gasteiger partial charge is 0.293 e. The van der Waals surface area contributed by atoms with Crippen LogP contribution in [0.3, 0.4) is 0 Å². The first kappa shape index (κ1) is 19.0. The molecular weight excluding hydrogens is 414 g/mol. The van der Waals surface area contributed by atoms with E-state index in [1.807, 2.05) is 56.3 Å². The van der Waals surface area contributed by atoms with Crippen LogP contribution in [0.4, 0.5) is 5.13 Å². The molecular formula is C20H16ClN3O2S2. The maximum atomic E-state index is 12.6. The number of hydrogen-bond acceptors (Lipinski definition) is 6. The van der Waals surface area contributed by atoms with Crippen LogP contribution in [0.15, 0.2) is 51.2 Å². The Hall–Kier alpha value is -2.35. The van der Waals surface area contributed by atoms with E-state index in [1.165, 1.54) is 23.1 Å². The molecule has 1 N–H and O–H groups in total. The zero-order valence-corrected chi connectivity index (χ0v) is 17.5. The number of furan rings is 1. The van der Waals surface area contributed by atoms with E-state index in [4.69, 9.17) is 16.0 Å². The van der Waals surface area contributed by atoms with E-state index >= 15 is 0 Å². The lowest BCUT2D eigenvalue weighted by Crippen LogP contribution is -2.11. The predicted octanol–water partition coefficient (Wildman–Crippen LogP) is 6.10. The fourth-order valence-electron chi connectivity index (χ4n) is 2.78. The fourth-order valence-corrected chi connectivity index (χ4v) is 4.81. The van der Waals surface area contributed by atoms with Crippen LogP contribution in [-0.2, 0) is 5.75 Å². The summed E-state index contributed by atoms with van der Waals surface area (Å²) in [4.78, 5) is 12.6. The number of nitrogens with one attached hydrogen (secondary N) is 1. The molecule has 5 nitrogen and oxygen atoms in total. The number of nitrogens with zero attached hydrogens (tertiary/aromatic N) is 2. The summed E-state index contributed by atoms with van der Waals surface area (Å²) in [5.74, 6) is 0.649. The minimum absolute atomic E-state index is 0.293. The van der Waals surface area contributed by atoms with Crippen LogP contribution in [0.5, 0.6) is 0 Å². The van der Waals surface area contributed by atoms with E-state index in [0.29, 0.717) is 22.2 Å². The van der Waals surface area contributed by atoms with Crippen molar-refractivity contribution in [3.05, 3.63) is 69.9 Å². The number of aromatic nitrogens is 2. The van der Waals surface area contributed by atoms with E-state index in [0.717, 1.165) is 31.4 Å². The molecule has 0 fully saturated rings. The van der Waals surface area contributed by atoms with Crippen molar-refractivity contribution in [2.45, 2.75) is 23.9 Å². The van der Waals surface area contributed by atoms with Crippen LogP contribution in [0.1, 0.15) is 27.2 Å². The molecule has 1 amide bonds. The fraction of sp³-hybridized carbons (Fsp3) is 0.150. The Bertz CT molecular complexity index is 1170. The van der Waals surface area contributed by atoms with Gasteiger partial charge in [0.25, 0.3) is 5.91 Å². The van der Waals surface area contributed by atoms with Crippen molar-refractivity contribution in [1.82, 2.24) is 10.2 Å². The first-order valence-corrected chi connectivity index (χ1v) is 10.7. The highest BCUT2D eigenvalue weighted by Crippen LogP contribution is 2.31. The maximum Gasteiger partial charge on any atom is 0.293 e. The van der Waals surface area contributed by atoms with Crippen LogP contribution in [0.25, 0.3) is 11.0 Å². The quantitative estimate of drug-likeness (QED) is 0.306. The van der Waals surface area contributed by atoms with Gasteiger partial charge in [-0.15, -0.1) is 10.2 Å². The second-order valence-corrected chi connectivity index (χ2v) is 8.87. The third-order valence-corrected chi connectivity index (χ3v) is 6.63. The van der Waals surface area contributed by atoms with Gasteiger partial charge in [-0.3, -0.25) is 10.1 Å². The number of hydrogen-bond donors (Lipinski definition) is 1. The summed E-state index contributed by atoms with van der Waals surface area (Å²) < 4.78 is 6.52. The third-order valence-electron chi connectivity index (χ3n) is 4.24. The lowest BCUT2D eigenvalue weighted by Gasteiger charge is -2.00. The number of carbonyl (C=O) groups excluding carboxylic acids is 1. The second kappa shape index (κ2) is 7.95. The third kappa shape index (κ3) is 3.92. The SMILES string of the molecule is Cc1ccc2c(C)c(C(=O)Nc3nnc(SCc4ccccc4Cl)s3)oc2c1. The van der Waals surface area contributed by atoms with Gasteiger partial charge in [0.1, 0.15) is 5.58 Å². The van der Waals surface area contributed by atoms with Crippen molar-refractivity contribution in [2.75, 3.05) is 5.32 Å². The first-order chi connectivity index (χ1) is 13.5. The van der Waals surface area contributed by atoms with Crippen LogP contribution in [-0.4, -0.2) is 16.1 Å². The Labute approximate surface area is 175 Å². The topological polar surface area (TPSA) is 68.0 Å². The van der Waals surface area contributed by atoms with Gasteiger partial charge in [0.2, 0.25) is 5.13 Å². The minimum atomic E-state index is -0.329. The predicted molar refractivity (Wildman–Crippen MR) is 115 cm³/mol. The normalized spacial score (nSPS) is 11.1. The van der Waals surface area contributed by atoms with Gasteiger partial charge in [0.05, 0.1) is 0 Å². The first-order valence-electron chi connectivity index (χ1n) is 8.52. The Balaban J connectivity index is 1.46. The number of fused-ring (bicyclic) bond motifs is 1. The van der Waals surface area contributed by atoms with Gasteiger partial charge in [-0.2, -0.15) is 0 Å². The van der Waals surface area contributed by atoms with Gasteiger partial charge in [-0.1, -0.05) is 65.0 Å². The molecule has 2 heterocycles. The molecule has 0 aliphatic carbocycles. The van der Waals surface area contributed by atoms with Crippen molar-refractivity contribution < 1.29 is 9.21 Å². The molecule has 0 atom stereocenters. The molecule has 0 unspecified atom stereocenters. The number of benzene rings is 2. The molecule has 8 heteroatoms. The van der Waals surface area contributed by atoms with Crippen molar-refractivity contribution in [3.63, 3.8) is 0 Å². The van der Waals surface area contributed by atoms with Gasteiger partial charge in [-0.05, 0) is 37.1 Å². The standard InChI is InChI=1S/C20H16ClN3O2S2/c1-11-7-8-14-12(2)17(26-16(14)9-11)18(25)22-19-23-24-20(28-19)27-10-13-5-3-4-6-15(13)21/h3-9H,10H2,1-2H3,(H,22,23,25). The lowest BCUT2D eigenvalue weighted by atomic mass is 10.1. The molecule has 28 heavy (non-hydrogen) atoms. The van der Waals surface area contributed by atoms with E-state index in [2.05, 4.69) is 15.5 Å². The van der Waals surface area contributed by atoms with Crippen molar-refractivity contribution in [3.8, 4) is 0 Å². The summed E-state index contributed by atoms with van der Waals surface area (Å²) in [5.41, 5.74) is 3.63. The maximum absolute atomic E-state index is 12.6. The van der Waals surface area contributed by atoms with Gasteiger partial charge in [0.15, 0.2) is 10.1 Å². The Morgan fingerprint density at radius 1 is 1.21 bits per heavy atom. The molecule has 0 saturated carbocycles. The Morgan fingerprint density at radius 2 is 2.04 bits per heavy atom. The summed E-state index contributed by atoms with van der Waals surface area (Å²) in [5, 5.41) is 13.1. The van der Waals surface area contributed by atoms with Crippen LogP contribution >= 0.6 is 34.7 Å². The molecule has 2 aromatic heterocycles. The van der Waals surface area contributed by atoms with Crippen LogP contribution < -0.4 is 5.32 Å². The molecule has 0 radical (unpaired) electrons. The van der Waals surface area contributed by atoms with E-state index in [-0.39, 0.29) is 5.91 Å². The number of aryl methyl sites for hydroxylation is 2. The van der Waals surface area contributed by atoms with E-state index in [1.54, 1.807) is 0 Å². The molecule has 142 valence electrons. The number of thioether (sulfide) groups is 1. The van der Waals surface area contributed by atoms with Crippen LogP contribution in [0.2, 0.25) is 5.02 Å². The summed E-state index contributed by atoms with van der Waals surface area (Å²) in [6.45, 7) is 3.86. The molecule has 0 saturated heterocycles. The molecule has 0 bridgehead atoms. The molecule has 0 aliphatic rings. The highest BCUT2D eigenvalue weighted by Gasteiger charge is 2.19. The number of anilines is 1. The molecule has 4 aromatic rings. The van der Waals surface area contributed by atoms with Gasteiger partial charge >= 0.3 is 0 Å². The lowest BCUT2D eigenvalue weighted by molar-refractivity contribution is 0.0998. The number of carbonyl (C=O) groups is 1. The van der Waals surface area contributed by atoms with Crippen molar-refractivity contribution in [1.29, 1.82) is 0 Å². The highest BCUT2D eigenvalue weighted by atomic mass is 35.5. The summed E-state index contributed by atoms with van der Waals surface area (Å²) in [6.07, 6.45) is 0. The van der Waals surface area contributed by atoms with E-state index < -0.39 is 0 Å². The van der Waals surface area contributed by atoms with Gasteiger partial charge in [-0.25, -0.2) is 0 Å². The minimum Gasteiger partial charge on any atom is -0.451 e. The zero-order valence-electron chi connectivity index (χ0n) is 15.2. The largest absolute Gasteiger partial charge is 0.451 e. The second-order valence-electron chi connectivity index (χ2n) is 6.26. The van der Waals surface area contributed by atoms with Crippen molar-refractivity contribution in [2.24, 2.45) is 0 Å². The van der Waals surface area contributed by atoms with Gasteiger partial charge in [0, 0.05) is 21.7 Å². The Kier molecular flexibility index (Phi) is 5.39. The van der Waals surface area contributed by atoms with Crippen LogP contribution in [0, 0.1) is 13.8 Å². The molecule has 0 aliphatic heterocycles. The molecule has 0 spiro atoms. The summed E-state index contributed by atoms with van der Waals surface area (Å²) in [6, 6.07) is 13.6. The zero-order chi connectivity index (χ0) is 19.7.